The number of benzene rings is 2. The molecular weight excluding hydrogens is 390 g/mol. The van der Waals surface area contributed by atoms with Crippen LogP contribution in [0.15, 0.2) is 36.4 Å². The molecule has 1 amide bonds. The van der Waals surface area contributed by atoms with Crippen molar-refractivity contribution in [2.24, 2.45) is 5.92 Å². The molecule has 8 heteroatoms. The molecule has 0 bridgehead atoms. The molecule has 0 unspecified atom stereocenters. The fourth-order valence-electron chi connectivity index (χ4n) is 3.56. The van der Waals surface area contributed by atoms with Crippen molar-refractivity contribution in [3.8, 4) is 23.0 Å². The molecular formula is C22H23NO7. The van der Waals surface area contributed by atoms with Crippen LogP contribution in [0.3, 0.4) is 0 Å². The zero-order valence-corrected chi connectivity index (χ0v) is 16.9. The summed E-state index contributed by atoms with van der Waals surface area (Å²) in [6.07, 6.45) is 0.110. The maximum atomic E-state index is 12.5. The van der Waals surface area contributed by atoms with Gasteiger partial charge in [0.1, 0.15) is 19.8 Å². The number of hydrogen-bond acceptors (Lipinski definition) is 7. The number of nitrogens with zero attached hydrogens (tertiary/aromatic N) is 1. The minimum Gasteiger partial charge on any atom is -0.493 e. The topological polar surface area (TPSA) is 83.5 Å². The summed E-state index contributed by atoms with van der Waals surface area (Å²) in [4.78, 5) is 26.6. The van der Waals surface area contributed by atoms with Gasteiger partial charge in [0.15, 0.2) is 23.0 Å². The van der Waals surface area contributed by atoms with Gasteiger partial charge in [-0.15, -0.1) is 0 Å². The van der Waals surface area contributed by atoms with Crippen LogP contribution in [0.25, 0.3) is 0 Å². The van der Waals surface area contributed by atoms with Crippen LogP contribution in [0.4, 0.5) is 5.69 Å². The molecule has 1 atom stereocenters. The van der Waals surface area contributed by atoms with Crippen LogP contribution >= 0.6 is 0 Å². The number of fused-ring (bicyclic) bond motifs is 1. The number of carbonyl (C=O) groups is 2. The third-order valence-corrected chi connectivity index (χ3v) is 5.12. The van der Waals surface area contributed by atoms with Crippen LogP contribution in [-0.2, 0) is 20.9 Å². The van der Waals surface area contributed by atoms with Gasteiger partial charge in [-0.1, -0.05) is 6.07 Å². The lowest BCUT2D eigenvalue weighted by atomic mass is 10.1. The molecule has 2 aromatic carbocycles. The van der Waals surface area contributed by atoms with E-state index >= 15 is 0 Å². The van der Waals surface area contributed by atoms with Crippen LogP contribution in [0, 0.1) is 5.92 Å². The Balaban J connectivity index is 1.38. The van der Waals surface area contributed by atoms with Gasteiger partial charge in [-0.3, -0.25) is 9.59 Å². The highest BCUT2D eigenvalue weighted by Gasteiger charge is 2.36. The summed E-state index contributed by atoms with van der Waals surface area (Å²) >= 11 is 0. The molecule has 158 valence electrons. The van der Waals surface area contributed by atoms with Gasteiger partial charge in [-0.05, 0) is 29.8 Å². The van der Waals surface area contributed by atoms with E-state index in [9.17, 15) is 9.59 Å². The van der Waals surface area contributed by atoms with E-state index in [4.69, 9.17) is 23.7 Å². The molecule has 0 spiro atoms. The van der Waals surface area contributed by atoms with Crippen LogP contribution in [0.1, 0.15) is 12.0 Å². The van der Waals surface area contributed by atoms with Crippen molar-refractivity contribution in [1.29, 1.82) is 0 Å². The lowest BCUT2D eigenvalue weighted by molar-refractivity contribution is -0.149. The number of rotatable bonds is 6. The Morgan fingerprint density at radius 2 is 1.80 bits per heavy atom. The van der Waals surface area contributed by atoms with Crippen LogP contribution < -0.4 is 23.8 Å². The van der Waals surface area contributed by atoms with E-state index in [2.05, 4.69) is 0 Å². The number of carbonyl (C=O) groups excluding carboxylic acids is 2. The average Bonchev–Trinajstić information content (AvgIpc) is 3.18. The minimum atomic E-state index is -0.522. The summed E-state index contributed by atoms with van der Waals surface area (Å²) in [7, 11) is 3.10. The number of amides is 1. The Labute approximate surface area is 174 Å². The molecule has 0 aromatic heterocycles. The Bertz CT molecular complexity index is 958. The normalized spacial score (nSPS) is 17.6. The summed E-state index contributed by atoms with van der Waals surface area (Å²) in [5.41, 5.74) is 1.45. The lowest BCUT2D eigenvalue weighted by Gasteiger charge is -2.22. The second-order valence-corrected chi connectivity index (χ2v) is 7.03. The number of anilines is 1. The first kappa shape index (κ1) is 19.9. The predicted molar refractivity (Wildman–Crippen MR) is 107 cm³/mol. The second kappa shape index (κ2) is 8.52. The fraction of sp³-hybridized carbons (Fsp3) is 0.364. The van der Waals surface area contributed by atoms with Crippen LogP contribution in [0.2, 0.25) is 0 Å². The van der Waals surface area contributed by atoms with Gasteiger partial charge < -0.3 is 28.6 Å². The van der Waals surface area contributed by atoms with E-state index < -0.39 is 11.9 Å². The van der Waals surface area contributed by atoms with E-state index in [0.29, 0.717) is 41.9 Å². The van der Waals surface area contributed by atoms with Crippen molar-refractivity contribution in [2.45, 2.75) is 13.0 Å². The van der Waals surface area contributed by atoms with Gasteiger partial charge >= 0.3 is 5.97 Å². The molecule has 2 heterocycles. The summed E-state index contributed by atoms with van der Waals surface area (Å²) in [6.45, 7) is 1.33. The maximum absolute atomic E-state index is 12.5. The van der Waals surface area contributed by atoms with Crippen molar-refractivity contribution in [3.63, 3.8) is 0 Å². The van der Waals surface area contributed by atoms with Gasteiger partial charge in [0.2, 0.25) is 5.91 Å². The standard InChI is InChI=1S/C22H23NO7/c1-26-17-5-3-14(9-19(17)27-2)13-30-22(25)15-10-21(24)23(12-15)16-4-6-18-20(11-16)29-8-7-28-18/h3-6,9,11,15H,7-8,10,12-13H2,1-2H3/t15-/m0/s1. The molecule has 2 aliphatic rings. The van der Waals surface area contributed by atoms with E-state index in [-0.39, 0.29) is 25.5 Å². The average molecular weight is 413 g/mol. The first-order valence-electron chi connectivity index (χ1n) is 9.66. The third-order valence-electron chi connectivity index (χ3n) is 5.12. The highest BCUT2D eigenvalue weighted by Crippen LogP contribution is 2.36. The summed E-state index contributed by atoms with van der Waals surface area (Å²) in [6, 6.07) is 10.7. The minimum absolute atomic E-state index is 0.0912. The molecule has 2 aliphatic heterocycles. The molecule has 30 heavy (non-hydrogen) atoms. The van der Waals surface area contributed by atoms with Crippen molar-refractivity contribution in [2.75, 3.05) is 38.9 Å². The Morgan fingerprint density at radius 3 is 2.57 bits per heavy atom. The summed E-state index contributed by atoms with van der Waals surface area (Å²) in [5, 5.41) is 0. The quantitative estimate of drug-likeness (QED) is 0.673. The number of ether oxygens (including phenoxy) is 5. The zero-order valence-electron chi connectivity index (χ0n) is 16.9. The molecule has 0 aliphatic carbocycles. The Hall–Kier alpha value is -3.42. The number of methoxy groups -OCH3 is 2. The summed E-state index contributed by atoms with van der Waals surface area (Å²) < 4.78 is 27.0. The van der Waals surface area contributed by atoms with Crippen LogP contribution in [-0.4, -0.2) is 45.9 Å². The Kier molecular flexibility index (Phi) is 5.65. The van der Waals surface area contributed by atoms with Gasteiger partial charge in [0.05, 0.1) is 20.1 Å². The van der Waals surface area contributed by atoms with E-state index in [0.717, 1.165) is 5.56 Å². The maximum Gasteiger partial charge on any atom is 0.311 e. The van der Waals surface area contributed by atoms with E-state index in [1.165, 1.54) is 0 Å². The molecule has 1 fully saturated rings. The predicted octanol–water partition coefficient (Wildman–Crippen LogP) is 2.57. The molecule has 4 rings (SSSR count). The monoisotopic (exact) mass is 413 g/mol. The van der Waals surface area contributed by atoms with E-state index in [1.54, 1.807) is 55.5 Å². The van der Waals surface area contributed by atoms with E-state index in [1.807, 2.05) is 0 Å². The lowest BCUT2D eigenvalue weighted by Crippen LogP contribution is -2.26. The highest BCUT2D eigenvalue weighted by molar-refractivity contribution is 5.99. The molecule has 0 N–H and O–H groups in total. The molecule has 0 saturated carbocycles. The largest absolute Gasteiger partial charge is 0.493 e. The van der Waals surface area contributed by atoms with Gasteiger partial charge in [0.25, 0.3) is 0 Å². The zero-order chi connectivity index (χ0) is 21.1. The second-order valence-electron chi connectivity index (χ2n) is 7.03. The highest BCUT2D eigenvalue weighted by atomic mass is 16.6. The molecule has 0 radical (unpaired) electrons. The summed E-state index contributed by atoms with van der Waals surface area (Å²) in [5.74, 6) is 1.37. The van der Waals surface area contributed by atoms with Gasteiger partial charge in [-0.2, -0.15) is 0 Å². The first-order valence-corrected chi connectivity index (χ1v) is 9.66. The molecule has 8 nitrogen and oxygen atoms in total. The van der Waals surface area contributed by atoms with Crippen molar-refractivity contribution in [3.05, 3.63) is 42.0 Å². The van der Waals surface area contributed by atoms with Crippen molar-refractivity contribution >= 4 is 17.6 Å². The van der Waals surface area contributed by atoms with Crippen molar-refractivity contribution in [1.82, 2.24) is 0 Å². The smallest absolute Gasteiger partial charge is 0.311 e. The van der Waals surface area contributed by atoms with Gasteiger partial charge in [-0.25, -0.2) is 0 Å². The SMILES string of the molecule is COc1ccc(COC(=O)[C@H]2CC(=O)N(c3ccc4c(c3)OCCO4)C2)cc1OC. The Morgan fingerprint density at radius 1 is 1.03 bits per heavy atom. The molecule has 1 saturated heterocycles. The van der Waals surface area contributed by atoms with Gasteiger partial charge in [0, 0.05) is 24.7 Å². The van der Waals surface area contributed by atoms with Crippen molar-refractivity contribution < 1.29 is 33.3 Å². The molecule has 2 aromatic rings. The number of hydrogen-bond donors (Lipinski definition) is 0. The third kappa shape index (κ3) is 3.98. The fourth-order valence-corrected chi connectivity index (χ4v) is 3.56. The van der Waals surface area contributed by atoms with Crippen LogP contribution in [0.5, 0.6) is 23.0 Å². The number of esters is 1. The first-order chi connectivity index (χ1) is 14.6.